The molecular weight excluding hydrogens is 467 g/mol. The molecule has 1 aliphatic heterocycles. The van der Waals surface area contributed by atoms with Crippen molar-refractivity contribution in [3.05, 3.63) is 17.5 Å². The van der Waals surface area contributed by atoms with E-state index in [0.29, 0.717) is 18.3 Å². The van der Waals surface area contributed by atoms with Crippen molar-refractivity contribution in [2.75, 3.05) is 33.2 Å². The molecule has 160 valence electrons. The van der Waals surface area contributed by atoms with Gasteiger partial charge in [-0.05, 0) is 51.5 Å². The highest BCUT2D eigenvalue weighted by atomic mass is 127. The van der Waals surface area contributed by atoms with Crippen LogP contribution in [-0.2, 0) is 11.3 Å². The molecule has 1 aromatic heterocycles. The van der Waals surface area contributed by atoms with Gasteiger partial charge in [0.25, 0.3) is 0 Å². The number of nitrogens with one attached hydrogen (secondary N) is 2. The maximum Gasteiger partial charge on any atom is 0.220 e. The molecule has 1 amide bonds. The molecule has 1 saturated heterocycles. The van der Waals surface area contributed by atoms with Crippen LogP contribution in [0.5, 0.6) is 0 Å². The van der Waals surface area contributed by atoms with E-state index < -0.39 is 0 Å². The highest BCUT2D eigenvalue weighted by Gasteiger charge is 2.23. The number of aliphatic imine (C=N–C) groups is 1. The second-order valence-corrected chi connectivity index (χ2v) is 7.72. The first-order chi connectivity index (χ1) is 12.9. The van der Waals surface area contributed by atoms with E-state index in [1.807, 2.05) is 6.92 Å². The fraction of sp³-hybridized carbons (Fsp3) is 0.750. The number of piperidine rings is 1. The molecule has 8 heteroatoms. The van der Waals surface area contributed by atoms with E-state index in [2.05, 4.69) is 52.2 Å². The predicted octanol–water partition coefficient (Wildman–Crippen LogP) is 2.57. The largest absolute Gasteiger partial charge is 0.359 e. The van der Waals surface area contributed by atoms with Crippen molar-refractivity contribution in [2.45, 2.75) is 53.5 Å². The van der Waals surface area contributed by atoms with Crippen molar-refractivity contribution >= 4 is 35.8 Å². The summed E-state index contributed by atoms with van der Waals surface area (Å²) in [7, 11) is 1.71. The highest BCUT2D eigenvalue weighted by molar-refractivity contribution is 14.0. The number of hydrogen-bond donors (Lipinski definition) is 2. The standard InChI is InChI=1S/C20H36N6O.HI/c1-6-22-20(25-9-7-18(8-10-25)12-19(27)21-5)23-13-15(2)14-26-17(4)11-16(3)24-26;/h11,15,18H,6-10,12-14H2,1-5H3,(H,21,27)(H,22,23);1H. The number of amides is 1. The lowest BCUT2D eigenvalue weighted by Crippen LogP contribution is -2.46. The van der Waals surface area contributed by atoms with Crippen LogP contribution in [0, 0.1) is 25.7 Å². The maximum atomic E-state index is 11.6. The van der Waals surface area contributed by atoms with Crippen molar-refractivity contribution in [3.63, 3.8) is 0 Å². The molecule has 0 aliphatic carbocycles. The van der Waals surface area contributed by atoms with Crippen molar-refractivity contribution in [1.29, 1.82) is 0 Å². The SMILES string of the molecule is CCNC(=NCC(C)Cn1nc(C)cc1C)N1CCC(CC(=O)NC)CC1.I. The summed E-state index contributed by atoms with van der Waals surface area (Å²) in [4.78, 5) is 18.8. The minimum absolute atomic E-state index is 0. The average molecular weight is 504 g/mol. The zero-order valence-electron chi connectivity index (χ0n) is 18.0. The Kier molecular flexibility index (Phi) is 10.8. The van der Waals surface area contributed by atoms with Crippen LogP contribution in [0.15, 0.2) is 11.1 Å². The van der Waals surface area contributed by atoms with Gasteiger partial charge >= 0.3 is 0 Å². The summed E-state index contributed by atoms with van der Waals surface area (Å²) in [6, 6.07) is 2.11. The predicted molar refractivity (Wildman–Crippen MR) is 125 cm³/mol. The Balaban J connectivity index is 0.00000392. The number of aryl methyl sites for hydroxylation is 2. The van der Waals surface area contributed by atoms with Crippen LogP contribution in [0.1, 0.15) is 44.5 Å². The van der Waals surface area contributed by atoms with Crippen LogP contribution < -0.4 is 10.6 Å². The molecule has 0 radical (unpaired) electrons. The summed E-state index contributed by atoms with van der Waals surface area (Å²) >= 11 is 0. The quantitative estimate of drug-likeness (QED) is 0.340. The third-order valence-electron chi connectivity index (χ3n) is 5.14. The number of hydrogen-bond acceptors (Lipinski definition) is 3. The van der Waals surface area contributed by atoms with Gasteiger partial charge in [0, 0.05) is 51.9 Å². The fourth-order valence-electron chi connectivity index (χ4n) is 3.59. The number of likely N-dealkylation sites (tertiary alicyclic amines) is 1. The van der Waals surface area contributed by atoms with Crippen LogP contribution in [-0.4, -0.2) is 59.8 Å². The molecule has 2 rings (SSSR count). The smallest absolute Gasteiger partial charge is 0.220 e. The van der Waals surface area contributed by atoms with E-state index in [9.17, 15) is 4.79 Å². The van der Waals surface area contributed by atoms with Gasteiger partial charge in [-0.2, -0.15) is 5.10 Å². The number of guanidine groups is 1. The van der Waals surface area contributed by atoms with Crippen LogP contribution in [0.3, 0.4) is 0 Å². The van der Waals surface area contributed by atoms with Gasteiger partial charge in [0.1, 0.15) is 0 Å². The zero-order valence-corrected chi connectivity index (χ0v) is 20.3. The third-order valence-corrected chi connectivity index (χ3v) is 5.14. The minimum Gasteiger partial charge on any atom is -0.359 e. The number of nitrogens with zero attached hydrogens (tertiary/aromatic N) is 4. The van der Waals surface area contributed by atoms with E-state index in [1.165, 1.54) is 5.69 Å². The molecule has 28 heavy (non-hydrogen) atoms. The molecule has 1 aromatic rings. The summed E-state index contributed by atoms with van der Waals surface area (Å²) in [6.45, 7) is 12.9. The van der Waals surface area contributed by atoms with E-state index in [0.717, 1.165) is 57.2 Å². The monoisotopic (exact) mass is 504 g/mol. The van der Waals surface area contributed by atoms with Crippen LogP contribution >= 0.6 is 24.0 Å². The normalized spacial score (nSPS) is 16.5. The van der Waals surface area contributed by atoms with Gasteiger partial charge in [-0.3, -0.25) is 14.5 Å². The summed E-state index contributed by atoms with van der Waals surface area (Å²) < 4.78 is 2.08. The van der Waals surface area contributed by atoms with Gasteiger partial charge in [0.05, 0.1) is 5.69 Å². The number of aromatic nitrogens is 2. The minimum atomic E-state index is 0. The Morgan fingerprint density at radius 3 is 2.57 bits per heavy atom. The lowest BCUT2D eigenvalue weighted by molar-refractivity contribution is -0.121. The van der Waals surface area contributed by atoms with Crippen LogP contribution in [0.4, 0.5) is 0 Å². The van der Waals surface area contributed by atoms with Crippen molar-refractivity contribution in [2.24, 2.45) is 16.8 Å². The molecule has 7 nitrogen and oxygen atoms in total. The Labute approximate surface area is 186 Å². The van der Waals surface area contributed by atoms with Crippen molar-refractivity contribution in [3.8, 4) is 0 Å². The second-order valence-electron chi connectivity index (χ2n) is 7.72. The van der Waals surface area contributed by atoms with Gasteiger partial charge in [-0.15, -0.1) is 24.0 Å². The van der Waals surface area contributed by atoms with E-state index in [-0.39, 0.29) is 29.9 Å². The van der Waals surface area contributed by atoms with Gasteiger partial charge < -0.3 is 15.5 Å². The molecule has 1 atom stereocenters. The Morgan fingerprint density at radius 2 is 2.04 bits per heavy atom. The Morgan fingerprint density at radius 1 is 1.36 bits per heavy atom. The molecule has 2 heterocycles. The second kappa shape index (κ2) is 12.3. The molecule has 1 unspecified atom stereocenters. The zero-order chi connectivity index (χ0) is 19.8. The summed E-state index contributed by atoms with van der Waals surface area (Å²) in [5.74, 6) is 2.04. The lowest BCUT2D eigenvalue weighted by Gasteiger charge is -2.34. The number of carbonyl (C=O) groups excluding carboxylic acids is 1. The average Bonchev–Trinajstić information content (AvgIpc) is 2.96. The van der Waals surface area contributed by atoms with Crippen LogP contribution in [0.25, 0.3) is 0 Å². The van der Waals surface area contributed by atoms with Gasteiger partial charge in [0.2, 0.25) is 5.91 Å². The first kappa shape index (κ1) is 24.7. The molecule has 1 aliphatic rings. The van der Waals surface area contributed by atoms with E-state index in [4.69, 9.17) is 4.99 Å². The topological polar surface area (TPSA) is 74.5 Å². The summed E-state index contributed by atoms with van der Waals surface area (Å²) in [5, 5.41) is 10.7. The summed E-state index contributed by atoms with van der Waals surface area (Å²) in [5.41, 5.74) is 2.27. The molecule has 1 fully saturated rings. The van der Waals surface area contributed by atoms with Gasteiger partial charge in [0.15, 0.2) is 5.96 Å². The first-order valence-corrected chi connectivity index (χ1v) is 10.2. The molecule has 0 bridgehead atoms. The first-order valence-electron chi connectivity index (χ1n) is 10.2. The third kappa shape index (κ3) is 7.60. The lowest BCUT2D eigenvalue weighted by atomic mass is 9.93. The highest BCUT2D eigenvalue weighted by Crippen LogP contribution is 2.20. The van der Waals surface area contributed by atoms with E-state index >= 15 is 0 Å². The summed E-state index contributed by atoms with van der Waals surface area (Å²) in [6.07, 6.45) is 2.72. The van der Waals surface area contributed by atoms with Crippen LogP contribution in [0.2, 0.25) is 0 Å². The van der Waals surface area contributed by atoms with Gasteiger partial charge in [-0.25, -0.2) is 0 Å². The molecular formula is C20H37IN6O. The Hall–Kier alpha value is -1.32. The van der Waals surface area contributed by atoms with Crippen molar-refractivity contribution in [1.82, 2.24) is 25.3 Å². The molecule has 0 aromatic carbocycles. The molecule has 2 N–H and O–H groups in total. The van der Waals surface area contributed by atoms with E-state index in [1.54, 1.807) is 7.05 Å². The molecule has 0 saturated carbocycles. The molecule has 0 spiro atoms. The number of halogens is 1. The number of carbonyl (C=O) groups is 1. The maximum absolute atomic E-state index is 11.6. The fourth-order valence-corrected chi connectivity index (χ4v) is 3.59. The van der Waals surface area contributed by atoms with Crippen molar-refractivity contribution < 1.29 is 4.79 Å². The Bertz CT molecular complexity index is 637. The van der Waals surface area contributed by atoms with Gasteiger partial charge in [-0.1, -0.05) is 6.92 Å². The number of rotatable bonds is 7.